The number of hydrogen-bond acceptors (Lipinski definition) is 4. The largest absolute Gasteiger partial charge is 0.549 e. The molecule has 2 rings (SSSR count). The monoisotopic (exact) mass is 249 g/mol. The van der Waals surface area contributed by atoms with E-state index >= 15 is 0 Å². The van der Waals surface area contributed by atoms with Gasteiger partial charge in [-0.1, -0.05) is 31.1 Å². The Kier molecular flexibility index (Phi) is 3.55. The number of rotatable bonds is 3. The summed E-state index contributed by atoms with van der Waals surface area (Å²) in [6, 6.07) is 0. The Balaban J connectivity index is 2.09. The number of carboxylic acids is 1. The summed E-state index contributed by atoms with van der Waals surface area (Å²) in [6.45, 7) is 1.61. The van der Waals surface area contributed by atoms with Crippen molar-refractivity contribution in [2.24, 2.45) is 11.8 Å². The first-order valence-electron chi connectivity index (χ1n) is 6.33. The molecular weight excluding hydrogens is 232 g/mol. The van der Waals surface area contributed by atoms with Gasteiger partial charge in [-0.2, -0.15) is 0 Å². The van der Waals surface area contributed by atoms with Crippen molar-refractivity contribution in [1.82, 2.24) is 0 Å². The molecule has 18 heavy (non-hydrogen) atoms. The molecule has 98 valence electrons. The molecule has 1 fully saturated rings. The van der Waals surface area contributed by atoms with Gasteiger partial charge in [-0.3, -0.25) is 4.79 Å². The summed E-state index contributed by atoms with van der Waals surface area (Å²) in [4.78, 5) is 23.1. The fourth-order valence-electron chi connectivity index (χ4n) is 2.59. The first-order valence-corrected chi connectivity index (χ1v) is 6.33. The van der Waals surface area contributed by atoms with Gasteiger partial charge in [0.05, 0.1) is 17.8 Å². The normalized spacial score (nSPS) is 31.5. The van der Waals surface area contributed by atoms with Crippen molar-refractivity contribution in [2.75, 3.05) is 0 Å². The second-order valence-corrected chi connectivity index (χ2v) is 5.13. The fraction of sp³-hybridized carbons (Fsp3) is 0.571. The number of hydrogen-bond donors (Lipinski definition) is 0. The Bertz CT molecular complexity index is 404. The van der Waals surface area contributed by atoms with Crippen LogP contribution in [0.5, 0.6) is 0 Å². The van der Waals surface area contributed by atoms with Crippen molar-refractivity contribution in [3.8, 4) is 0 Å². The van der Waals surface area contributed by atoms with Gasteiger partial charge in [0.2, 0.25) is 0 Å². The lowest BCUT2D eigenvalue weighted by atomic mass is 9.85. The molecule has 0 N–H and O–H groups in total. The van der Waals surface area contributed by atoms with Crippen LogP contribution in [0.4, 0.5) is 0 Å². The van der Waals surface area contributed by atoms with E-state index in [0.29, 0.717) is 0 Å². The van der Waals surface area contributed by atoms with Crippen molar-refractivity contribution in [3.05, 3.63) is 24.3 Å². The minimum Gasteiger partial charge on any atom is -0.549 e. The smallest absolute Gasteiger partial charge is 0.309 e. The highest BCUT2D eigenvalue weighted by molar-refractivity contribution is 5.77. The third-order valence-corrected chi connectivity index (χ3v) is 3.72. The van der Waals surface area contributed by atoms with E-state index in [2.05, 4.69) is 0 Å². The fourth-order valence-corrected chi connectivity index (χ4v) is 2.59. The molecule has 2 aliphatic carbocycles. The van der Waals surface area contributed by atoms with Crippen LogP contribution in [-0.2, 0) is 14.3 Å². The lowest BCUT2D eigenvalue weighted by molar-refractivity contribution is -0.313. The molecule has 0 aromatic carbocycles. The summed E-state index contributed by atoms with van der Waals surface area (Å²) in [5.74, 6) is -2.52. The number of carbonyl (C=O) groups excluding carboxylic acids is 2. The average Bonchev–Trinajstić information content (AvgIpc) is 2.81. The van der Waals surface area contributed by atoms with Gasteiger partial charge in [0.25, 0.3) is 0 Å². The molecular formula is C14H17O4-. The molecule has 2 atom stereocenters. The van der Waals surface area contributed by atoms with Gasteiger partial charge in [0.15, 0.2) is 0 Å². The number of carbonyl (C=O) groups is 2. The van der Waals surface area contributed by atoms with E-state index in [1.807, 2.05) is 0 Å². The van der Waals surface area contributed by atoms with E-state index in [0.717, 1.165) is 25.7 Å². The Morgan fingerprint density at radius 1 is 1.28 bits per heavy atom. The standard InChI is InChI=1S/C14H18O4/c1-14(9-5-4-8-11(14)12(15)16)18-13(17)10-6-2-3-7-10/h4-5,8-11H,2-3,6-7H2,1H3,(H,15,16)/p-1. The molecule has 1 saturated carbocycles. The minimum absolute atomic E-state index is 0.0801. The van der Waals surface area contributed by atoms with Crippen LogP contribution in [0.15, 0.2) is 24.3 Å². The summed E-state index contributed by atoms with van der Waals surface area (Å²) >= 11 is 0. The Morgan fingerprint density at radius 2 is 1.94 bits per heavy atom. The number of allylic oxidation sites excluding steroid dienone is 2. The molecule has 0 aliphatic heterocycles. The van der Waals surface area contributed by atoms with E-state index in [-0.39, 0.29) is 11.9 Å². The van der Waals surface area contributed by atoms with Crippen molar-refractivity contribution in [1.29, 1.82) is 0 Å². The van der Waals surface area contributed by atoms with Crippen LogP contribution >= 0.6 is 0 Å². The maximum Gasteiger partial charge on any atom is 0.309 e. The molecule has 4 nitrogen and oxygen atoms in total. The molecule has 0 radical (unpaired) electrons. The third kappa shape index (κ3) is 2.47. The van der Waals surface area contributed by atoms with Gasteiger partial charge in [-0.05, 0) is 25.8 Å². The molecule has 0 aromatic rings. The van der Waals surface area contributed by atoms with Crippen molar-refractivity contribution < 1.29 is 19.4 Å². The highest BCUT2D eigenvalue weighted by Crippen LogP contribution is 2.32. The number of carboxylic acid groups (broad SMARTS) is 1. The first-order chi connectivity index (χ1) is 8.53. The molecule has 2 unspecified atom stereocenters. The summed E-state index contributed by atoms with van der Waals surface area (Å²) in [7, 11) is 0. The van der Waals surface area contributed by atoms with Crippen LogP contribution in [0.2, 0.25) is 0 Å². The zero-order valence-electron chi connectivity index (χ0n) is 10.4. The zero-order chi connectivity index (χ0) is 13.2. The average molecular weight is 249 g/mol. The Morgan fingerprint density at radius 3 is 2.56 bits per heavy atom. The van der Waals surface area contributed by atoms with Gasteiger partial charge in [-0.25, -0.2) is 0 Å². The molecule has 0 aromatic heterocycles. The molecule has 0 amide bonds. The number of esters is 1. The number of aliphatic carboxylic acids is 1. The second-order valence-electron chi connectivity index (χ2n) is 5.13. The van der Waals surface area contributed by atoms with Gasteiger partial charge in [0.1, 0.15) is 5.60 Å². The van der Waals surface area contributed by atoms with Crippen LogP contribution < -0.4 is 5.11 Å². The van der Waals surface area contributed by atoms with E-state index in [4.69, 9.17) is 4.74 Å². The molecule has 0 bridgehead atoms. The molecule has 0 saturated heterocycles. The third-order valence-electron chi connectivity index (χ3n) is 3.72. The molecule has 2 aliphatic rings. The predicted molar refractivity (Wildman–Crippen MR) is 63.2 cm³/mol. The Hall–Kier alpha value is -1.58. The maximum atomic E-state index is 12.0. The minimum atomic E-state index is -1.22. The van der Waals surface area contributed by atoms with Crippen molar-refractivity contribution in [3.63, 3.8) is 0 Å². The van der Waals surface area contributed by atoms with Gasteiger partial charge < -0.3 is 14.6 Å². The maximum absolute atomic E-state index is 12.0. The van der Waals surface area contributed by atoms with Crippen LogP contribution in [0.25, 0.3) is 0 Å². The number of ether oxygens (including phenoxy) is 1. The highest BCUT2D eigenvalue weighted by atomic mass is 16.6. The molecule has 4 heteroatoms. The lowest BCUT2D eigenvalue weighted by Crippen LogP contribution is -2.48. The quantitative estimate of drug-likeness (QED) is 0.699. The summed E-state index contributed by atoms with van der Waals surface area (Å²) in [6.07, 6.45) is 10.2. The van der Waals surface area contributed by atoms with E-state index in [1.54, 1.807) is 25.2 Å². The zero-order valence-corrected chi connectivity index (χ0v) is 10.4. The Labute approximate surface area is 106 Å². The SMILES string of the molecule is CC1(OC(=O)C2CCCC2)C=CC=CC1C(=O)[O-]. The summed E-state index contributed by atoms with van der Waals surface area (Å²) in [5.41, 5.74) is -1.13. The van der Waals surface area contributed by atoms with Crippen molar-refractivity contribution >= 4 is 11.9 Å². The van der Waals surface area contributed by atoms with Crippen LogP contribution in [-0.4, -0.2) is 17.5 Å². The summed E-state index contributed by atoms with van der Waals surface area (Å²) in [5, 5.41) is 11.1. The topological polar surface area (TPSA) is 66.4 Å². The van der Waals surface area contributed by atoms with Gasteiger partial charge in [-0.15, -0.1) is 0 Å². The van der Waals surface area contributed by atoms with E-state index in [1.165, 1.54) is 6.08 Å². The predicted octanol–water partition coefficient (Wildman–Crippen LogP) is 0.971. The van der Waals surface area contributed by atoms with E-state index < -0.39 is 17.5 Å². The van der Waals surface area contributed by atoms with Crippen molar-refractivity contribution in [2.45, 2.75) is 38.2 Å². The second kappa shape index (κ2) is 4.96. The first kappa shape index (κ1) is 12.9. The van der Waals surface area contributed by atoms with E-state index in [9.17, 15) is 14.7 Å². The summed E-state index contributed by atoms with van der Waals surface area (Å²) < 4.78 is 5.44. The van der Waals surface area contributed by atoms with Crippen LogP contribution in [0, 0.1) is 11.8 Å². The highest BCUT2D eigenvalue weighted by Gasteiger charge is 2.38. The van der Waals surface area contributed by atoms with Gasteiger partial charge in [0, 0.05) is 0 Å². The molecule has 0 spiro atoms. The van der Waals surface area contributed by atoms with Gasteiger partial charge >= 0.3 is 5.97 Å². The lowest BCUT2D eigenvalue weighted by Gasteiger charge is -2.36. The van der Waals surface area contributed by atoms with Crippen LogP contribution in [0.1, 0.15) is 32.6 Å². The van der Waals surface area contributed by atoms with Crippen LogP contribution in [0.3, 0.4) is 0 Å². The molecule has 0 heterocycles.